The third-order valence-corrected chi connectivity index (χ3v) is 4.48. The molecule has 178 valence electrons. The number of methoxy groups -OCH3 is 1. The van der Waals surface area contributed by atoms with Crippen LogP contribution in [0.4, 0.5) is 4.79 Å². The second-order valence-corrected chi connectivity index (χ2v) is 8.61. The van der Waals surface area contributed by atoms with Crippen LogP contribution in [0.3, 0.4) is 0 Å². The van der Waals surface area contributed by atoms with E-state index in [1.807, 2.05) is 32.0 Å². The molecule has 0 aliphatic rings. The summed E-state index contributed by atoms with van der Waals surface area (Å²) < 4.78 is 9.81. The number of benzene rings is 1. The first-order chi connectivity index (χ1) is 14.8. The van der Waals surface area contributed by atoms with Crippen molar-refractivity contribution in [2.24, 2.45) is 0 Å². The van der Waals surface area contributed by atoms with Crippen LogP contribution in [0.2, 0.25) is 0 Å². The van der Waals surface area contributed by atoms with E-state index in [1.165, 1.54) is 18.9 Å². The first-order valence-electron chi connectivity index (χ1n) is 10.5. The van der Waals surface area contributed by atoms with Crippen LogP contribution < -0.4 is 10.6 Å². The number of esters is 1. The van der Waals surface area contributed by atoms with Gasteiger partial charge in [-0.15, -0.1) is 0 Å². The van der Waals surface area contributed by atoms with Gasteiger partial charge in [0.25, 0.3) is 0 Å². The Labute approximate surface area is 189 Å². The Morgan fingerprint density at radius 2 is 1.62 bits per heavy atom. The molecule has 0 radical (unpaired) electrons. The monoisotopic (exact) mass is 449 g/mol. The number of aryl methyl sites for hydroxylation is 2. The molecule has 1 rings (SSSR count). The van der Waals surface area contributed by atoms with Crippen molar-refractivity contribution in [3.05, 3.63) is 34.9 Å². The minimum atomic E-state index is -1.00. The zero-order valence-electron chi connectivity index (χ0n) is 20.2. The van der Waals surface area contributed by atoms with Crippen molar-refractivity contribution in [1.82, 2.24) is 15.5 Å². The number of nitrogens with one attached hydrogen (secondary N) is 2. The molecule has 9 heteroatoms. The molecule has 0 aromatic heterocycles. The highest BCUT2D eigenvalue weighted by Crippen LogP contribution is 2.24. The molecular formula is C23H35N3O6. The van der Waals surface area contributed by atoms with Crippen LogP contribution in [0.15, 0.2) is 18.2 Å². The average Bonchev–Trinajstić information content (AvgIpc) is 2.66. The molecule has 2 atom stereocenters. The van der Waals surface area contributed by atoms with Gasteiger partial charge in [0.1, 0.15) is 24.2 Å². The van der Waals surface area contributed by atoms with Gasteiger partial charge in [-0.05, 0) is 54.0 Å². The van der Waals surface area contributed by atoms with Gasteiger partial charge in [0, 0.05) is 6.54 Å². The number of carbonyl (C=O) groups is 4. The molecule has 1 aromatic carbocycles. The van der Waals surface area contributed by atoms with Crippen LogP contribution in [-0.2, 0) is 23.9 Å². The molecule has 0 aliphatic carbocycles. The predicted molar refractivity (Wildman–Crippen MR) is 120 cm³/mol. The van der Waals surface area contributed by atoms with Gasteiger partial charge in [0.05, 0.1) is 7.11 Å². The average molecular weight is 450 g/mol. The second kappa shape index (κ2) is 11.5. The van der Waals surface area contributed by atoms with E-state index in [1.54, 1.807) is 27.7 Å². The summed E-state index contributed by atoms with van der Waals surface area (Å²) in [6.45, 7) is 12.1. The zero-order valence-corrected chi connectivity index (χ0v) is 20.2. The van der Waals surface area contributed by atoms with E-state index >= 15 is 0 Å². The second-order valence-electron chi connectivity index (χ2n) is 8.61. The van der Waals surface area contributed by atoms with Crippen molar-refractivity contribution >= 4 is 23.9 Å². The van der Waals surface area contributed by atoms with Crippen molar-refractivity contribution < 1.29 is 28.7 Å². The quantitative estimate of drug-likeness (QED) is 0.589. The Morgan fingerprint density at radius 1 is 1.06 bits per heavy atom. The van der Waals surface area contributed by atoms with Crippen LogP contribution in [0.1, 0.15) is 57.4 Å². The van der Waals surface area contributed by atoms with Gasteiger partial charge < -0.3 is 25.0 Å². The summed E-state index contributed by atoms with van der Waals surface area (Å²) in [6, 6.07) is 3.65. The molecule has 0 fully saturated rings. The number of amides is 3. The molecule has 3 amide bonds. The van der Waals surface area contributed by atoms with Crippen LogP contribution in [0.5, 0.6) is 0 Å². The molecule has 0 bridgehead atoms. The smallest absolute Gasteiger partial charge is 0.408 e. The zero-order chi connectivity index (χ0) is 24.6. The molecule has 1 aromatic rings. The van der Waals surface area contributed by atoms with Crippen molar-refractivity contribution in [2.75, 3.05) is 20.2 Å². The fraction of sp³-hybridized carbons (Fsp3) is 0.565. The van der Waals surface area contributed by atoms with Crippen LogP contribution in [0, 0.1) is 13.8 Å². The number of nitrogens with zero attached hydrogens (tertiary/aromatic N) is 1. The Kier molecular flexibility index (Phi) is 9.68. The largest absolute Gasteiger partial charge is 0.468 e. The van der Waals surface area contributed by atoms with Gasteiger partial charge in [-0.3, -0.25) is 14.4 Å². The van der Waals surface area contributed by atoms with Gasteiger partial charge in [0.2, 0.25) is 11.8 Å². The first kappa shape index (κ1) is 26.9. The maximum absolute atomic E-state index is 13.2. The summed E-state index contributed by atoms with van der Waals surface area (Å²) >= 11 is 0. The fourth-order valence-corrected chi connectivity index (χ4v) is 3.23. The maximum Gasteiger partial charge on any atom is 0.408 e. The first-order valence-corrected chi connectivity index (χ1v) is 10.5. The predicted octanol–water partition coefficient (Wildman–Crippen LogP) is 2.40. The lowest BCUT2D eigenvalue weighted by Crippen LogP contribution is -2.52. The van der Waals surface area contributed by atoms with Crippen molar-refractivity contribution in [2.45, 2.75) is 66.2 Å². The Bertz CT molecular complexity index is 826. The number of carbonyl (C=O) groups excluding carboxylic acids is 4. The highest BCUT2D eigenvalue weighted by molar-refractivity contribution is 5.93. The molecular weight excluding hydrogens is 414 g/mol. The van der Waals surface area contributed by atoms with Gasteiger partial charge in [-0.1, -0.05) is 29.3 Å². The van der Waals surface area contributed by atoms with Gasteiger partial charge in [-0.25, -0.2) is 4.79 Å². The topological polar surface area (TPSA) is 114 Å². The molecule has 0 aliphatic heterocycles. The lowest BCUT2D eigenvalue weighted by atomic mass is 9.98. The number of hydrogen-bond acceptors (Lipinski definition) is 6. The maximum atomic E-state index is 13.2. The van der Waals surface area contributed by atoms with E-state index in [9.17, 15) is 19.2 Å². The van der Waals surface area contributed by atoms with Gasteiger partial charge in [-0.2, -0.15) is 0 Å². The van der Waals surface area contributed by atoms with Gasteiger partial charge >= 0.3 is 12.1 Å². The lowest BCUT2D eigenvalue weighted by Gasteiger charge is -2.33. The highest BCUT2D eigenvalue weighted by atomic mass is 16.6. The third-order valence-electron chi connectivity index (χ3n) is 4.48. The minimum Gasteiger partial charge on any atom is -0.468 e. The summed E-state index contributed by atoms with van der Waals surface area (Å²) in [6.07, 6.45) is -0.729. The van der Waals surface area contributed by atoms with E-state index in [0.717, 1.165) is 11.1 Å². The van der Waals surface area contributed by atoms with Crippen LogP contribution in [-0.4, -0.2) is 60.6 Å². The molecule has 0 spiro atoms. The molecule has 0 heterocycles. The summed E-state index contributed by atoms with van der Waals surface area (Å²) in [5.74, 6) is -1.59. The summed E-state index contributed by atoms with van der Waals surface area (Å²) in [5, 5.41) is 5.05. The summed E-state index contributed by atoms with van der Waals surface area (Å²) in [7, 11) is 1.22. The molecule has 0 saturated carbocycles. The molecule has 2 N–H and O–H groups in total. The standard InChI is InChI=1S/C23H35N3O6/c1-9-26(21(29)16(4)25-22(30)32-23(5,6)7)19(20(28)24-13-18(27)31-8)17-11-14(2)10-15(3)12-17/h10-12,16,19H,9,13H2,1-8H3,(H,24,28)(H,25,30). The van der Waals surface area contributed by atoms with Crippen LogP contribution in [0.25, 0.3) is 0 Å². The number of hydrogen-bond donors (Lipinski definition) is 2. The minimum absolute atomic E-state index is 0.197. The number of likely N-dealkylation sites (N-methyl/N-ethyl adjacent to an activating group) is 1. The van der Waals surface area contributed by atoms with E-state index in [0.29, 0.717) is 5.56 Å². The van der Waals surface area contributed by atoms with Crippen molar-refractivity contribution in [3.63, 3.8) is 0 Å². The molecule has 0 saturated heterocycles. The van der Waals surface area contributed by atoms with E-state index in [2.05, 4.69) is 15.4 Å². The van der Waals surface area contributed by atoms with Gasteiger partial charge in [0.15, 0.2) is 0 Å². The van der Waals surface area contributed by atoms with Crippen molar-refractivity contribution in [1.29, 1.82) is 0 Å². The summed E-state index contributed by atoms with van der Waals surface area (Å²) in [4.78, 5) is 51.4. The van der Waals surface area contributed by atoms with E-state index in [4.69, 9.17) is 4.74 Å². The highest BCUT2D eigenvalue weighted by Gasteiger charge is 2.34. The molecule has 32 heavy (non-hydrogen) atoms. The fourth-order valence-electron chi connectivity index (χ4n) is 3.23. The third kappa shape index (κ3) is 8.20. The number of ether oxygens (including phenoxy) is 2. The Balaban J connectivity index is 3.23. The number of alkyl carbamates (subject to hydrolysis) is 1. The summed E-state index contributed by atoms with van der Waals surface area (Å²) in [5.41, 5.74) is 1.74. The molecule has 2 unspecified atom stereocenters. The lowest BCUT2D eigenvalue weighted by molar-refractivity contribution is -0.144. The Hall–Kier alpha value is -3.10. The number of rotatable bonds is 8. The van der Waals surface area contributed by atoms with E-state index < -0.39 is 41.6 Å². The van der Waals surface area contributed by atoms with Crippen LogP contribution >= 0.6 is 0 Å². The normalized spacial score (nSPS) is 12.9. The van der Waals surface area contributed by atoms with Crippen molar-refractivity contribution in [3.8, 4) is 0 Å². The SMILES string of the molecule is CCN(C(=O)C(C)NC(=O)OC(C)(C)C)C(C(=O)NCC(=O)OC)c1cc(C)cc(C)c1. The van der Waals surface area contributed by atoms with E-state index in [-0.39, 0.29) is 13.1 Å². The molecule has 9 nitrogen and oxygen atoms in total. The Morgan fingerprint density at radius 3 is 2.09 bits per heavy atom.